The van der Waals surface area contributed by atoms with Gasteiger partial charge in [0.25, 0.3) is 0 Å². The van der Waals surface area contributed by atoms with Crippen molar-refractivity contribution < 1.29 is 64.6 Å². The molecular weight excluding hydrogens is 1070 g/mol. The fourth-order valence-electron chi connectivity index (χ4n) is 12.7. The molecule has 0 aromatic heterocycles. The zero-order chi connectivity index (χ0) is 61.6. The molecule has 12 unspecified atom stereocenters. The van der Waals surface area contributed by atoms with Gasteiger partial charge >= 0.3 is 0 Å². The number of hydrogen-bond donors (Lipinski definition) is 9. The van der Waals surface area contributed by atoms with Crippen LogP contribution >= 0.6 is 0 Å². The molecule has 14 nitrogen and oxygen atoms in total. The fraction of sp³-hybridized carbons (Fsp3) is 0.986. The SMILES string of the molecule is CCCCCCCCCCCCCCCCCCCCCCCCCCCCCCCCCCC(O)C(COC1OC(CO)C(OC2OC(CO)C(O)C(O)C2O)C(O)C1O)NC(=O)CCCCCCCCCCCCCCCCCCCCC. The number of rotatable bonds is 62. The Kier molecular flexibility index (Phi) is 53.6. The summed E-state index contributed by atoms with van der Waals surface area (Å²) in [6.45, 7) is 2.93. The van der Waals surface area contributed by atoms with E-state index in [1.807, 2.05) is 0 Å². The molecule has 0 spiro atoms. The van der Waals surface area contributed by atoms with Crippen molar-refractivity contribution in [3.05, 3.63) is 0 Å². The fourth-order valence-corrected chi connectivity index (χ4v) is 12.7. The van der Waals surface area contributed by atoms with Gasteiger partial charge in [-0.05, 0) is 12.8 Å². The van der Waals surface area contributed by atoms with E-state index >= 15 is 0 Å². The molecule has 0 aromatic rings. The Hall–Kier alpha value is -1.01. The van der Waals surface area contributed by atoms with Crippen LogP contribution in [0.25, 0.3) is 0 Å². The minimum absolute atomic E-state index is 0.197. The van der Waals surface area contributed by atoms with E-state index in [0.717, 1.165) is 51.4 Å². The molecule has 0 radical (unpaired) electrons. The summed E-state index contributed by atoms with van der Waals surface area (Å²) in [5.41, 5.74) is 0. The third kappa shape index (κ3) is 41.2. The molecule has 14 heteroatoms. The lowest BCUT2D eigenvalue weighted by molar-refractivity contribution is -0.359. The van der Waals surface area contributed by atoms with E-state index < -0.39 is 86.8 Å². The van der Waals surface area contributed by atoms with Crippen molar-refractivity contribution in [3.63, 3.8) is 0 Å². The average molecular weight is 1210 g/mol. The Morgan fingerprint density at radius 1 is 0.376 bits per heavy atom. The minimum atomic E-state index is -1.78. The molecule has 2 aliphatic heterocycles. The Labute approximate surface area is 521 Å². The van der Waals surface area contributed by atoms with Crippen LogP contribution < -0.4 is 5.32 Å². The highest BCUT2D eigenvalue weighted by atomic mass is 16.7. The summed E-state index contributed by atoms with van der Waals surface area (Å²) < 4.78 is 22.9. The van der Waals surface area contributed by atoms with Gasteiger partial charge in [0, 0.05) is 6.42 Å². The van der Waals surface area contributed by atoms with Crippen molar-refractivity contribution in [2.24, 2.45) is 0 Å². The van der Waals surface area contributed by atoms with E-state index in [2.05, 4.69) is 19.2 Å². The molecule has 506 valence electrons. The van der Waals surface area contributed by atoms with Gasteiger partial charge in [-0.15, -0.1) is 0 Å². The Balaban J connectivity index is 1.62. The van der Waals surface area contributed by atoms with Crippen molar-refractivity contribution in [3.8, 4) is 0 Å². The number of amides is 1. The molecule has 2 saturated heterocycles. The van der Waals surface area contributed by atoms with E-state index in [4.69, 9.17) is 18.9 Å². The van der Waals surface area contributed by atoms with Gasteiger partial charge in [0.15, 0.2) is 12.6 Å². The van der Waals surface area contributed by atoms with Crippen molar-refractivity contribution >= 4 is 5.91 Å². The number of nitrogens with one attached hydrogen (secondary N) is 1. The van der Waals surface area contributed by atoms with Crippen LogP contribution in [0.1, 0.15) is 354 Å². The van der Waals surface area contributed by atoms with Crippen LogP contribution in [0.5, 0.6) is 0 Å². The van der Waals surface area contributed by atoms with E-state index in [9.17, 15) is 45.6 Å². The number of unbranched alkanes of at least 4 members (excludes halogenated alkanes) is 49. The zero-order valence-corrected chi connectivity index (χ0v) is 55.1. The van der Waals surface area contributed by atoms with E-state index in [0.29, 0.717) is 12.8 Å². The first-order chi connectivity index (χ1) is 41.6. The molecule has 85 heavy (non-hydrogen) atoms. The highest BCUT2D eigenvalue weighted by Gasteiger charge is 2.51. The summed E-state index contributed by atoms with van der Waals surface area (Å²) in [5, 5.41) is 87.6. The Morgan fingerprint density at radius 3 is 1.00 bits per heavy atom. The van der Waals surface area contributed by atoms with Gasteiger partial charge in [-0.2, -0.15) is 0 Å². The molecule has 2 fully saturated rings. The maximum atomic E-state index is 13.3. The normalized spacial score (nSPS) is 23.4. The maximum Gasteiger partial charge on any atom is 0.220 e. The maximum absolute atomic E-state index is 13.3. The molecule has 0 bridgehead atoms. The monoisotopic (exact) mass is 1210 g/mol. The molecule has 2 heterocycles. The second-order valence-electron chi connectivity index (χ2n) is 26.4. The standard InChI is InChI=1S/C71H139NO13/c1-3-5-7-9-11-13-15-17-19-21-23-24-25-26-27-28-29-30-31-32-33-34-35-37-38-40-42-44-46-48-50-52-54-60(75)59(72-63(76)55-53-51-49-47-45-43-41-39-36-22-20-18-16-14-12-10-8-6-4-2)58-82-70-68(81)66(79)69(62(57-74)84-70)85-71-67(80)65(78)64(77)61(56-73)83-71/h59-62,64-71,73-75,77-81H,3-58H2,1-2H3,(H,72,76). The van der Waals surface area contributed by atoms with Crippen molar-refractivity contribution in [2.45, 2.75) is 428 Å². The van der Waals surface area contributed by atoms with Crippen molar-refractivity contribution in [1.29, 1.82) is 0 Å². The van der Waals surface area contributed by atoms with Gasteiger partial charge in [-0.3, -0.25) is 4.79 Å². The molecule has 2 aliphatic rings. The van der Waals surface area contributed by atoms with Crippen LogP contribution in [0.15, 0.2) is 0 Å². The highest BCUT2D eigenvalue weighted by Crippen LogP contribution is 2.30. The summed E-state index contributed by atoms with van der Waals surface area (Å²) in [5.74, 6) is -0.197. The quantitative estimate of drug-likeness (QED) is 0.0259. The molecule has 9 N–H and O–H groups in total. The minimum Gasteiger partial charge on any atom is -0.394 e. The number of ether oxygens (including phenoxy) is 4. The second kappa shape index (κ2) is 56.9. The number of hydrogen-bond acceptors (Lipinski definition) is 13. The summed E-state index contributed by atoms with van der Waals surface area (Å²) >= 11 is 0. The Morgan fingerprint density at radius 2 is 0.671 bits per heavy atom. The van der Waals surface area contributed by atoms with E-state index in [1.54, 1.807) is 0 Å². The van der Waals surface area contributed by atoms with Crippen LogP contribution in [0.4, 0.5) is 0 Å². The first-order valence-corrected chi connectivity index (χ1v) is 36.8. The van der Waals surface area contributed by atoms with Gasteiger partial charge in [0.05, 0.1) is 32.0 Å². The molecule has 0 aliphatic carbocycles. The van der Waals surface area contributed by atoms with Gasteiger partial charge < -0.3 is 65.1 Å². The van der Waals surface area contributed by atoms with Crippen LogP contribution in [-0.4, -0.2) is 140 Å². The lowest BCUT2D eigenvalue weighted by atomic mass is 9.97. The predicted molar refractivity (Wildman–Crippen MR) is 346 cm³/mol. The third-order valence-corrected chi connectivity index (χ3v) is 18.6. The van der Waals surface area contributed by atoms with Crippen LogP contribution in [-0.2, 0) is 23.7 Å². The topological polar surface area (TPSA) is 228 Å². The predicted octanol–water partition coefficient (Wildman–Crippen LogP) is 15.2. The smallest absolute Gasteiger partial charge is 0.220 e. The van der Waals surface area contributed by atoms with Gasteiger partial charge in [-0.25, -0.2) is 0 Å². The summed E-state index contributed by atoms with van der Waals surface area (Å²) in [6, 6.07) is -0.824. The summed E-state index contributed by atoms with van der Waals surface area (Å²) in [4.78, 5) is 13.3. The number of carbonyl (C=O) groups excluding carboxylic acids is 1. The van der Waals surface area contributed by atoms with Crippen molar-refractivity contribution in [1.82, 2.24) is 5.32 Å². The van der Waals surface area contributed by atoms with Crippen LogP contribution in [0, 0.1) is 0 Å². The van der Waals surface area contributed by atoms with Crippen LogP contribution in [0.2, 0.25) is 0 Å². The lowest BCUT2D eigenvalue weighted by Gasteiger charge is -2.46. The first-order valence-electron chi connectivity index (χ1n) is 36.8. The zero-order valence-electron chi connectivity index (χ0n) is 55.1. The second-order valence-corrected chi connectivity index (χ2v) is 26.4. The number of carbonyl (C=O) groups is 1. The first kappa shape index (κ1) is 80.1. The Bertz CT molecular complexity index is 1430. The van der Waals surface area contributed by atoms with Gasteiger partial charge in [0.1, 0.15) is 48.8 Å². The average Bonchev–Trinajstić information content (AvgIpc) is 3.70. The third-order valence-electron chi connectivity index (χ3n) is 18.6. The number of aliphatic hydroxyl groups is 8. The lowest BCUT2D eigenvalue weighted by Crippen LogP contribution is -2.65. The van der Waals surface area contributed by atoms with Gasteiger partial charge in [-0.1, -0.05) is 335 Å². The summed E-state index contributed by atoms with van der Waals surface area (Å²) in [7, 11) is 0. The molecular formula is C71H139NO13. The van der Waals surface area contributed by atoms with Gasteiger partial charge in [0.2, 0.25) is 5.91 Å². The van der Waals surface area contributed by atoms with E-state index in [-0.39, 0.29) is 12.5 Å². The largest absolute Gasteiger partial charge is 0.394 e. The number of aliphatic hydroxyl groups excluding tert-OH is 8. The van der Waals surface area contributed by atoms with Crippen LogP contribution in [0.3, 0.4) is 0 Å². The summed E-state index contributed by atoms with van der Waals surface area (Å²) in [6.07, 6.45) is 51.3. The molecule has 2 rings (SSSR count). The van der Waals surface area contributed by atoms with Crippen molar-refractivity contribution in [2.75, 3.05) is 19.8 Å². The van der Waals surface area contributed by atoms with E-state index in [1.165, 1.54) is 276 Å². The highest BCUT2D eigenvalue weighted by molar-refractivity contribution is 5.76. The molecule has 0 saturated carbocycles. The molecule has 1 amide bonds. The molecule has 12 atom stereocenters. The molecule has 0 aromatic carbocycles.